The average Bonchev–Trinajstić information content (AvgIpc) is 2.82. The lowest BCUT2D eigenvalue weighted by atomic mass is 10.0. The van der Waals surface area contributed by atoms with Gasteiger partial charge < -0.3 is 10.1 Å². The monoisotopic (exact) mass is 325 g/mol. The second-order valence-corrected chi connectivity index (χ2v) is 8.09. The molecule has 122 valence electrons. The summed E-state index contributed by atoms with van der Waals surface area (Å²) < 4.78 is 28.1. The molecule has 1 aliphatic rings. The molecule has 1 aliphatic heterocycles. The van der Waals surface area contributed by atoms with Gasteiger partial charge in [-0.15, -0.1) is 0 Å². The fourth-order valence-corrected chi connectivity index (χ4v) is 4.46. The van der Waals surface area contributed by atoms with Gasteiger partial charge in [0.25, 0.3) is 5.91 Å². The highest BCUT2D eigenvalue weighted by molar-refractivity contribution is 7.91. The van der Waals surface area contributed by atoms with Crippen LogP contribution in [-0.2, 0) is 14.6 Å². The molecule has 1 aromatic carbocycles. The van der Waals surface area contributed by atoms with Gasteiger partial charge in [0.2, 0.25) is 0 Å². The van der Waals surface area contributed by atoms with Crippen LogP contribution in [0, 0.1) is 12.8 Å². The SMILES string of the molecule is Cc1ccc(OCC(=O)NCCCC2CCS(=O)(=O)C2)cc1. The molecule has 0 spiro atoms. The van der Waals surface area contributed by atoms with Gasteiger partial charge in [-0.05, 0) is 44.2 Å². The van der Waals surface area contributed by atoms with E-state index >= 15 is 0 Å². The number of sulfone groups is 1. The van der Waals surface area contributed by atoms with Crippen LogP contribution in [0.2, 0.25) is 0 Å². The van der Waals surface area contributed by atoms with E-state index in [0.717, 1.165) is 24.8 Å². The van der Waals surface area contributed by atoms with Gasteiger partial charge in [0.05, 0.1) is 11.5 Å². The van der Waals surface area contributed by atoms with E-state index in [-0.39, 0.29) is 18.4 Å². The predicted molar refractivity (Wildman–Crippen MR) is 85.7 cm³/mol. The number of aryl methyl sites for hydroxylation is 1. The highest BCUT2D eigenvalue weighted by Crippen LogP contribution is 2.22. The smallest absolute Gasteiger partial charge is 0.257 e. The Hall–Kier alpha value is -1.56. The number of carbonyl (C=O) groups excluding carboxylic acids is 1. The number of benzene rings is 1. The first-order chi connectivity index (χ1) is 10.4. The zero-order chi connectivity index (χ0) is 16.0. The van der Waals surface area contributed by atoms with Gasteiger partial charge in [-0.2, -0.15) is 0 Å². The summed E-state index contributed by atoms with van der Waals surface area (Å²) in [6.07, 6.45) is 2.40. The molecule has 1 amide bonds. The van der Waals surface area contributed by atoms with Crippen LogP contribution < -0.4 is 10.1 Å². The molecule has 0 aromatic heterocycles. The van der Waals surface area contributed by atoms with Gasteiger partial charge in [0.1, 0.15) is 5.75 Å². The summed E-state index contributed by atoms with van der Waals surface area (Å²) in [5.41, 5.74) is 1.14. The maximum atomic E-state index is 11.7. The number of ether oxygens (including phenoxy) is 1. The molecule has 1 heterocycles. The lowest BCUT2D eigenvalue weighted by Gasteiger charge is -2.09. The summed E-state index contributed by atoms with van der Waals surface area (Å²) in [6, 6.07) is 7.54. The number of rotatable bonds is 7. The third-order valence-corrected chi connectivity index (χ3v) is 5.67. The molecule has 2 rings (SSSR count). The van der Waals surface area contributed by atoms with E-state index in [1.165, 1.54) is 0 Å². The fourth-order valence-electron chi connectivity index (χ4n) is 2.55. The van der Waals surface area contributed by atoms with Gasteiger partial charge in [0, 0.05) is 6.54 Å². The molecule has 1 unspecified atom stereocenters. The first kappa shape index (κ1) is 16.8. The van der Waals surface area contributed by atoms with Crippen LogP contribution in [0.15, 0.2) is 24.3 Å². The van der Waals surface area contributed by atoms with E-state index in [4.69, 9.17) is 4.74 Å². The van der Waals surface area contributed by atoms with Crippen LogP contribution in [0.25, 0.3) is 0 Å². The Bertz CT molecular complexity index is 595. The van der Waals surface area contributed by atoms with E-state index in [0.29, 0.717) is 23.8 Å². The third kappa shape index (κ3) is 5.67. The van der Waals surface area contributed by atoms with Crippen molar-refractivity contribution in [1.82, 2.24) is 5.32 Å². The van der Waals surface area contributed by atoms with Crippen LogP contribution in [0.3, 0.4) is 0 Å². The minimum atomic E-state index is -2.80. The molecule has 0 aliphatic carbocycles. The van der Waals surface area contributed by atoms with Crippen LogP contribution in [0.4, 0.5) is 0 Å². The molecule has 1 saturated heterocycles. The van der Waals surface area contributed by atoms with E-state index in [1.54, 1.807) is 0 Å². The molecular weight excluding hydrogens is 302 g/mol. The number of carbonyl (C=O) groups is 1. The largest absolute Gasteiger partial charge is 0.484 e. The molecule has 1 aromatic rings. The van der Waals surface area contributed by atoms with Crippen LogP contribution >= 0.6 is 0 Å². The number of hydrogen-bond donors (Lipinski definition) is 1. The molecule has 1 atom stereocenters. The summed E-state index contributed by atoms with van der Waals surface area (Å²) in [7, 11) is -2.80. The van der Waals surface area contributed by atoms with Crippen LogP contribution in [0.5, 0.6) is 5.75 Å². The fraction of sp³-hybridized carbons (Fsp3) is 0.562. The maximum absolute atomic E-state index is 11.7. The molecule has 0 radical (unpaired) electrons. The summed E-state index contributed by atoms with van der Waals surface area (Å²) >= 11 is 0. The van der Waals surface area contributed by atoms with Gasteiger partial charge in [-0.3, -0.25) is 4.79 Å². The highest BCUT2D eigenvalue weighted by Gasteiger charge is 2.27. The first-order valence-electron chi connectivity index (χ1n) is 7.61. The zero-order valence-electron chi connectivity index (χ0n) is 12.9. The van der Waals surface area contributed by atoms with E-state index in [1.807, 2.05) is 31.2 Å². The molecule has 5 nitrogen and oxygen atoms in total. The Morgan fingerprint density at radius 2 is 2.05 bits per heavy atom. The molecule has 22 heavy (non-hydrogen) atoms. The minimum absolute atomic E-state index is 0.000862. The first-order valence-corrected chi connectivity index (χ1v) is 9.43. The Morgan fingerprint density at radius 3 is 2.68 bits per heavy atom. The normalized spacial score (nSPS) is 19.8. The summed E-state index contributed by atoms with van der Waals surface area (Å²) in [5, 5.41) is 2.80. The summed E-state index contributed by atoms with van der Waals surface area (Å²) in [4.78, 5) is 11.7. The lowest BCUT2D eigenvalue weighted by molar-refractivity contribution is -0.123. The second-order valence-electron chi connectivity index (χ2n) is 5.86. The van der Waals surface area contributed by atoms with Crippen molar-refractivity contribution < 1.29 is 17.9 Å². The van der Waals surface area contributed by atoms with Gasteiger partial charge in [-0.1, -0.05) is 17.7 Å². The Balaban J connectivity index is 1.57. The second kappa shape index (κ2) is 7.63. The average molecular weight is 325 g/mol. The maximum Gasteiger partial charge on any atom is 0.257 e. The third-order valence-electron chi connectivity index (χ3n) is 3.83. The molecule has 0 bridgehead atoms. The lowest BCUT2D eigenvalue weighted by Crippen LogP contribution is -2.30. The van der Waals surface area contributed by atoms with E-state index in [2.05, 4.69) is 5.32 Å². The van der Waals surface area contributed by atoms with Crippen LogP contribution in [0.1, 0.15) is 24.8 Å². The van der Waals surface area contributed by atoms with Crippen molar-refractivity contribution in [2.75, 3.05) is 24.7 Å². The van der Waals surface area contributed by atoms with Crippen LogP contribution in [-0.4, -0.2) is 39.0 Å². The van der Waals surface area contributed by atoms with E-state index in [9.17, 15) is 13.2 Å². The predicted octanol–water partition coefficient (Wildman–Crippen LogP) is 1.70. The number of hydrogen-bond acceptors (Lipinski definition) is 4. The number of nitrogens with one attached hydrogen (secondary N) is 1. The van der Waals surface area contributed by atoms with Crippen molar-refractivity contribution in [2.24, 2.45) is 5.92 Å². The van der Waals surface area contributed by atoms with Crippen molar-refractivity contribution in [3.63, 3.8) is 0 Å². The van der Waals surface area contributed by atoms with Gasteiger partial charge >= 0.3 is 0 Å². The minimum Gasteiger partial charge on any atom is -0.484 e. The van der Waals surface area contributed by atoms with Crippen molar-refractivity contribution in [3.05, 3.63) is 29.8 Å². The zero-order valence-corrected chi connectivity index (χ0v) is 13.7. The van der Waals surface area contributed by atoms with Gasteiger partial charge in [-0.25, -0.2) is 8.42 Å². The van der Waals surface area contributed by atoms with Crippen molar-refractivity contribution in [3.8, 4) is 5.75 Å². The summed E-state index contributed by atoms with van der Waals surface area (Å²) in [6.45, 7) is 2.56. The van der Waals surface area contributed by atoms with Crippen molar-refractivity contribution in [1.29, 1.82) is 0 Å². The van der Waals surface area contributed by atoms with Crippen molar-refractivity contribution >= 4 is 15.7 Å². The molecule has 6 heteroatoms. The van der Waals surface area contributed by atoms with E-state index < -0.39 is 9.84 Å². The quantitative estimate of drug-likeness (QED) is 0.775. The highest BCUT2D eigenvalue weighted by atomic mass is 32.2. The Morgan fingerprint density at radius 1 is 1.32 bits per heavy atom. The molecule has 1 fully saturated rings. The topological polar surface area (TPSA) is 72.5 Å². The Kier molecular flexibility index (Phi) is 5.83. The molecule has 0 saturated carbocycles. The van der Waals surface area contributed by atoms with Gasteiger partial charge in [0.15, 0.2) is 16.4 Å². The summed E-state index contributed by atoms with van der Waals surface area (Å²) in [5.74, 6) is 1.40. The molecule has 1 N–H and O–H groups in total. The van der Waals surface area contributed by atoms with Crippen molar-refractivity contribution in [2.45, 2.75) is 26.2 Å². The molecular formula is C16H23NO4S. The standard InChI is InChI=1S/C16H23NO4S/c1-13-4-6-15(7-5-13)21-11-16(18)17-9-2-3-14-8-10-22(19,20)12-14/h4-7,14H,2-3,8-12H2,1H3,(H,17,18). The number of amides is 1. The Labute approximate surface area is 132 Å².